The normalized spacial score (nSPS) is 13.3. The summed E-state index contributed by atoms with van der Waals surface area (Å²) in [6.07, 6.45) is 2.30. The van der Waals surface area contributed by atoms with Crippen LogP contribution < -0.4 is 10.1 Å². The molecule has 28 heavy (non-hydrogen) atoms. The van der Waals surface area contributed by atoms with E-state index in [2.05, 4.69) is 20.1 Å². The molecule has 6 nitrogen and oxygen atoms in total. The third-order valence-electron chi connectivity index (χ3n) is 4.57. The number of carbonyl (C=O) groups excluding carboxylic acids is 1. The maximum atomic E-state index is 12.3. The number of para-hydroxylation sites is 1. The number of carbonyl (C=O) groups is 1. The average Bonchev–Trinajstić information content (AvgIpc) is 3.50. The van der Waals surface area contributed by atoms with Gasteiger partial charge in [-0.2, -0.15) is 0 Å². The lowest BCUT2D eigenvalue weighted by Crippen LogP contribution is -2.24. The van der Waals surface area contributed by atoms with Crippen LogP contribution in [0.2, 0.25) is 0 Å². The van der Waals surface area contributed by atoms with Gasteiger partial charge in [0, 0.05) is 18.2 Å². The fraction of sp³-hybridized carbons (Fsp3) is 0.286. The molecule has 4 rings (SSSR count). The summed E-state index contributed by atoms with van der Waals surface area (Å²) < 4.78 is 7.30. The predicted molar refractivity (Wildman–Crippen MR) is 109 cm³/mol. The molecule has 0 saturated heterocycles. The number of hydrogen-bond acceptors (Lipinski definition) is 5. The number of amides is 1. The van der Waals surface area contributed by atoms with Crippen molar-refractivity contribution in [2.24, 2.45) is 0 Å². The second-order valence-electron chi connectivity index (χ2n) is 6.70. The fourth-order valence-electron chi connectivity index (χ4n) is 2.96. The molecule has 1 aliphatic carbocycles. The van der Waals surface area contributed by atoms with Gasteiger partial charge in [-0.3, -0.25) is 9.36 Å². The van der Waals surface area contributed by atoms with Gasteiger partial charge < -0.3 is 10.1 Å². The number of ether oxygens (including phenoxy) is 1. The zero-order valence-corrected chi connectivity index (χ0v) is 16.5. The van der Waals surface area contributed by atoms with Gasteiger partial charge in [0.25, 0.3) is 0 Å². The number of rotatable bonds is 8. The molecule has 2 aromatic carbocycles. The van der Waals surface area contributed by atoms with Gasteiger partial charge in [-0.15, -0.1) is 10.2 Å². The van der Waals surface area contributed by atoms with Crippen molar-refractivity contribution in [3.63, 3.8) is 0 Å². The smallest absolute Gasteiger partial charge is 0.230 e. The van der Waals surface area contributed by atoms with Gasteiger partial charge in [0.2, 0.25) is 5.91 Å². The number of benzene rings is 2. The van der Waals surface area contributed by atoms with E-state index in [1.54, 1.807) is 7.11 Å². The number of nitrogens with zero attached hydrogens (tertiary/aromatic N) is 3. The Morgan fingerprint density at radius 1 is 1.18 bits per heavy atom. The summed E-state index contributed by atoms with van der Waals surface area (Å²) in [4.78, 5) is 12.3. The predicted octanol–water partition coefficient (Wildman–Crippen LogP) is 3.56. The highest BCUT2D eigenvalue weighted by molar-refractivity contribution is 7.99. The van der Waals surface area contributed by atoms with Crippen LogP contribution in [-0.4, -0.2) is 33.5 Å². The highest BCUT2D eigenvalue weighted by Gasteiger charge is 2.31. The molecular weight excluding hydrogens is 372 g/mol. The van der Waals surface area contributed by atoms with Crippen LogP contribution in [-0.2, 0) is 11.3 Å². The first-order valence-electron chi connectivity index (χ1n) is 9.28. The topological polar surface area (TPSA) is 69.0 Å². The molecule has 3 aromatic rings. The van der Waals surface area contributed by atoms with Gasteiger partial charge in [0.05, 0.1) is 12.9 Å². The van der Waals surface area contributed by atoms with E-state index < -0.39 is 0 Å². The van der Waals surface area contributed by atoms with Gasteiger partial charge in [-0.25, -0.2) is 0 Å². The molecule has 0 bridgehead atoms. The molecule has 1 fully saturated rings. The summed E-state index contributed by atoms with van der Waals surface area (Å²) in [7, 11) is 1.63. The maximum Gasteiger partial charge on any atom is 0.230 e. The molecule has 0 unspecified atom stereocenters. The number of methoxy groups -OCH3 is 1. The van der Waals surface area contributed by atoms with E-state index in [0.29, 0.717) is 18.2 Å². The molecule has 1 aliphatic rings. The van der Waals surface area contributed by atoms with E-state index in [-0.39, 0.29) is 5.91 Å². The molecule has 1 amide bonds. The van der Waals surface area contributed by atoms with Crippen LogP contribution in [0.15, 0.2) is 59.8 Å². The largest absolute Gasteiger partial charge is 0.497 e. The molecule has 7 heteroatoms. The van der Waals surface area contributed by atoms with E-state index >= 15 is 0 Å². The number of hydrogen-bond donors (Lipinski definition) is 1. The van der Waals surface area contributed by atoms with Gasteiger partial charge in [-0.05, 0) is 42.7 Å². The van der Waals surface area contributed by atoms with Gasteiger partial charge in [0.1, 0.15) is 11.6 Å². The summed E-state index contributed by atoms with van der Waals surface area (Å²) in [5, 5.41) is 12.4. The molecule has 0 radical (unpaired) electrons. The quantitative estimate of drug-likeness (QED) is 0.592. The minimum atomic E-state index is -0.0385. The van der Waals surface area contributed by atoms with Crippen LogP contribution >= 0.6 is 11.8 Å². The van der Waals surface area contributed by atoms with E-state index in [9.17, 15) is 4.79 Å². The Morgan fingerprint density at radius 2 is 2.00 bits per heavy atom. The summed E-state index contributed by atoms with van der Waals surface area (Å²) in [6.45, 7) is 0.468. The molecule has 1 heterocycles. The monoisotopic (exact) mass is 394 g/mol. The van der Waals surface area contributed by atoms with Crippen LogP contribution in [0.25, 0.3) is 5.69 Å². The second kappa shape index (κ2) is 8.48. The van der Waals surface area contributed by atoms with Crippen LogP contribution in [0.5, 0.6) is 5.75 Å². The molecule has 144 valence electrons. The molecule has 0 spiro atoms. The van der Waals surface area contributed by atoms with Crippen LogP contribution in [0.1, 0.15) is 30.1 Å². The van der Waals surface area contributed by atoms with Crippen molar-refractivity contribution in [1.29, 1.82) is 0 Å². The zero-order valence-electron chi connectivity index (χ0n) is 15.7. The minimum absolute atomic E-state index is 0.0385. The van der Waals surface area contributed by atoms with Gasteiger partial charge in [0.15, 0.2) is 5.16 Å². The van der Waals surface area contributed by atoms with E-state index in [0.717, 1.165) is 40.8 Å². The lowest BCUT2D eigenvalue weighted by atomic mass is 10.2. The molecule has 0 atom stereocenters. The van der Waals surface area contributed by atoms with Crippen molar-refractivity contribution in [3.05, 3.63) is 66.0 Å². The second-order valence-corrected chi connectivity index (χ2v) is 7.65. The SMILES string of the molecule is COc1cccc(CNC(=O)CSc2nnc(C3CC3)n2-c2ccccc2)c1. The Hall–Kier alpha value is -2.80. The Balaban J connectivity index is 1.40. The van der Waals surface area contributed by atoms with Gasteiger partial charge >= 0.3 is 0 Å². The average molecular weight is 395 g/mol. The number of aromatic nitrogens is 3. The highest BCUT2D eigenvalue weighted by atomic mass is 32.2. The van der Waals surface area contributed by atoms with E-state index in [4.69, 9.17) is 4.74 Å². The van der Waals surface area contributed by atoms with Crippen molar-refractivity contribution >= 4 is 17.7 Å². The van der Waals surface area contributed by atoms with Crippen LogP contribution in [0.4, 0.5) is 0 Å². The lowest BCUT2D eigenvalue weighted by Gasteiger charge is -2.10. The van der Waals surface area contributed by atoms with Crippen molar-refractivity contribution in [3.8, 4) is 11.4 Å². The fourth-order valence-corrected chi connectivity index (χ4v) is 3.75. The van der Waals surface area contributed by atoms with Crippen LogP contribution in [0.3, 0.4) is 0 Å². The molecule has 1 saturated carbocycles. The van der Waals surface area contributed by atoms with Crippen molar-refractivity contribution in [1.82, 2.24) is 20.1 Å². The first kappa shape index (κ1) is 18.6. The molecule has 1 N–H and O–H groups in total. The molecule has 1 aromatic heterocycles. The van der Waals surface area contributed by atoms with Crippen LogP contribution in [0, 0.1) is 0 Å². The minimum Gasteiger partial charge on any atom is -0.497 e. The first-order valence-corrected chi connectivity index (χ1v) is 10.3. The summed E-state index contributed by atoms with van der Waals surface area (Å²) in [5.41, 5.74) is 2.04. The Labute approximate surface area is 168 Å². The van der Waals surface area contributed by atoms with Crippen molar-refractivity contribution in [2.75, 3.05) is 12.9 Å². The Morgan fingerprint density at radius 3 is 2.75 bits per heavy atom. The van der Waals surface area contributed by atoms with Gasteiger partial charge in [-0.1, -0.05) is 42.1 Å². The third-order valence-corrected chi connectivity index (χ3v) is 5.50. The third kappa shape index (κ3) is 4.36. The first-order chi connectivity index (χ1) is 13.7. The summed E-state index contributed by atoms with van der Waals surface area (Å²) in [6, 6.07) is 17.8. The van der Waals surface area contributed by atoms with E-state index in [1.807, 2.05) is 54.6 Å². The van der Waals surface area contributed by atoms with Crippen molar-refractivity contribution in [2.45, 2.75) is 30.5 Å². The summed E-state index contributed by atoms with van der Waals surface area (Å²) in [5.74, 6) is 2.50. The zero-order chi connectivity index (χ0) is 19.3. The molecular formula is C21H22N4O2S. The maximum absolute atomic E-state index is 12.3. The Kier molecular flexibility index (Phi) is 5.62. The standard InChI is InChI=1S/C21H22N4O2S/c1-27-18-9-5-6-15(12-18)13-22-19(26)14-28-21-24-23-20(16-10-11-16)25(21)17-7-3-2-4-8-17/h2-9,12,16H,10-11,13-14H2,1H3,(H,22,26). The summed E-state index contributed by atoms with van der Waals surface area (Å²) >= 11 is 1.41. The molecule has 0 aliphatic heterocycles. The van der Waals surface area contributed by atoms with E-state index in [1.165, 1.54) is 11.8 Å². The number of thioether (sulfide) groups is 1. The highest BCUT2D eigenvalue weighted by Crippen LogP contribution is 2.41. The number of nitrogens with one attached hydrogen (secondary N) is 1. The lowest BCUT2D eigenvalue weighted by molar-refractivity contribution is -0.118. The van der Waals surface area contributed by atoms with Crippen molar-refractivity contribution < 1.29 is 9.53 Å². The Bertz CT molecular complexity index is 954.